The second-order valence-electron chi connectivity index (χ2n) is 6.97. The Bertz CT molecular complexity index is 845. The highest BCUT2D eigenvalue weighted by molar-refractivity contribution is 6.20. The van der Waals surface area contributed by atoms with E-state index in [1.165, 1.54) is 0 Å². The molecule has 0 aliphatic carbocycles. The molecule has 148 valence electrons. The van der Waals surface area contributed by atoms with Crippen LogP contribution in [0.2, 0.25) is 0 Å². The van der Waals surface area contributed by atoms with Crippen LogP contribution in [0.5, 0.6) is 0 Å². The molecule has 0 saturated heterocycles. The largest absolute Gasteiger partial charge is 0.308 e. The number of carbonyl (C=O) groups excluding carboxylic acids is 2. The molecule has 1 aliphatic rings. The monoisotopic (exact) mass is 379 g/mol. The summed E-state index contributed by atoms with van der Waals surface area (Å²) in [7, 11) is 0. The summed E-state index contributed by atoms with van der Waals surface area (Å²) in [6, 6.07) is 14.9. The average Bonchev–Trinajstić information content (AvgIpc) is 2.74. The van der Waals surface area contributed by atoms with Gasteiger partial charge >= 0.3 is 0 Å². The predicted octanol–water partition coefficient (Wildman–Crippen LogP) is 4.05. The lowest BCUT2D eigenvalue weighted by Gasteiger charge is -2.34. The molecular formula is C23H29N3O2. The Kier molecular flexibility index (Phi) is 6.47. The SMILES string of the molecule is CCCN1C(=O)c2ccccc2N(CCN(CC)CC)C(=O)c2ccccc21. The van der Waals surface area contributed by atoms with Gasteiger partial charge in [0.05, 0.1) is 22.5 Å². The molecule has 0 saturated carbocycles. The first-order chi connectivity index (χ1) is 13.6. The van der Waals surface area contributed by atoms with Gasteiger partial charge in [0.15, 0.2) is 0 Å². The van der Waals surface area contributed by atoms with E-state index in [0.29, 0.717) is 35.6 Å². The van der Waals surface area contributed by atoms with Gasteiger partial charge in [-0.15, -0.1) is 0 Å². The van der Waals surface area contributed by atoms with Crippen molar-refractivity contribution in [3.8, 4) is 0 Å². The van der Waals surface area contributed by atoms with Crippen LogP contribution in [0.3, 0.4) is 0 Å². The van der Waals surface area contributed by atoms with Crippen molar-refractivity contribution in [3.63, 3.8) is 0 Å². The van der Waals surface area contributed by atoms with E-state index in [1.807, 2.05) is 55.5 Å². The number of likely N-dealkylation sites (N-methyl/N-ethyl adjacent to an activating group) is 1. The van der Waals surface area contributed by atoms with E-state index in [-0.39, 0.29) is 11.8 Å². The van der Waals surface area contributed by atoms with Crippen molar-refractivity contribution < 1.29 is 9.59 Å². The Labute approximate surface area is 167 Å². The van der Waals surface area contributed by atoms with Crippen molar-refractivity contribution in [2.75, 3.05) is 42.5 Å². The van der Waals surface area contributed by atoms with Crippen LogP contribution in [0.25, 0.3) is 0 Å². The fourth-order valence-electron chi connectivity index (χ4n) is 3.74. The normalized spacial score (nSPS) is 14.0. The summed E-state index contributed by atoms with van der Waals surface area (Å²) in [5.74, 6) is -0.103. The zero-order chi connectivity index (χ0) is 20.1. The van der Waals surface area contributed by atoms with Crippen molar-refractivity contribution in [1.82, 2.24) is 4.90 Å². The quantitative estimate of drug-likeness (QED) is 0.729. The van der Waals surface area contributed by atoms with Crippen LogP contribution in [0.1, 0.15) is 47.9 Å². The van der Waals surface area contributed by atoms with Crippen LogP contribution in [-0.4, -0.2) is 49.4 Å². The second kappa shape index (κ2) is 9.02. The predicted molar refractivity (Wildman–Crippen MR) is 114 cm³/mol. The number of rotatable bonds is 7. The number of nitrogens with zero attached hydrogens (tertiary/aromatic N) is 3. The molecule has 0 spiro atoms. The van der Waals surface area contributed by atoms with Gasteiger partial charge < -0.3 is 14.7 Å². The number of hydrogen-bond donors (Lipinski definition) is 0. The standard InChI is InChI=1S/C23H29N3O2/c1-4-15-25-20-13-9-7-11-18(20)23(28)26(17-16-24(5-2)6-3)21-14-10-8-12-19(21)22(25)27/h7-14H,4-6,15-17H2,1-3H3. The van der Waals surface area contributed by atoms with Crippen LogP contribution in [-0.2, 0) is 0 Å². The molecule has 0 N–H and O–H groups in total. The van der Waals surface area contributed by atoms with Gasteiger partial charge in [0, 0.05) is 19.6 Å². The molecule has 0 unspecified atom stereocenters. The summed E-state index contributed by atoms with van der Waals surface area (Å²) in [5, 5.41) is 0. The second-order valence-corrected chi connectivity index (χ2v) is 6.97. The number of para-hydroxylation sites is 2. The van der Waals surface area contributed by atoms with Gasteiger partial charge in [-0.25, -0.2) is 0 Å². The van der Waals surface area contributed by atoms with Crippen molar-refractivity contribution >= 4 is 23.2 Å². The van der Waals surface area contributed by atoms with E-state index in [4.69, 9.17) is 0 Å². The van der Waals surface area contributed by atoms with Gasteiger partial charge in [0.1, 0.15) is 0 Å². The first-order valence-corrected chi connectivity index (χ1v) is 10.2. The fourth-order valence-corrected chi connectivity index (χ4v) is 3.74. The van der Waals surface area contributed by atoms with Gasteiger partial charge in [-0.2, -0.15) is 0 Å². The first-order valence-electron chi connectivity index (χ1n) is 10.2. The maximum atomic E-state index is 13.6. The number of amides is 2. The third-order valence-electron chi connectivity index (χ3n) is 5.32. The van der Waals surface area contributed by atoms with Gasteiger partial charge in [-0.3, -0.25) is 9.59 Å². The maximum absolute atomic E-state index is 13.6. The average molecular weight is 380 g/mol. The molecule has 5 nitrogen and oxygen atoms in total. The summed E-state index contributed by atoms with van der Waals surface area (Å²) in [6.07, 6.45) is 0.822. The molecule has 5 heteroatoms. The number of fused-ring (bicyclic) bond motifs is 2. The third-order valence-corrected chi connectivity index (χ3v) is 5.32. The van der Waals surface area contributed by atoms with E-state index in [1.54, 1.807) is 9.80 Å². The lowest BCUT2D eigenvalue weighted by molar-refractivity contribution is 0.0972. The number of carbonyl (C=O) groups is 2. The van der Waals surface area contributed by atoms with Crippen LogP contribution >= 0.6 is 0 Å². The molecule has 2 aromatic carbocycles. The highest BCUT2D eigenvalue weighted by Crippen LogP contribution is 2.32. The Balaban J connectivity index is 2.11. The zero-order valence-electron chi connectivity index (χ0n) is 17.0. The van der Waals surface area contributed by atoms with Crippen molar-refractivity contribution in [3.05, 3.63) is 59.7 Å². The highest BCUT2D eigenvalue weighted by atomic mass is 16.2. The van der Waals surface area contributed by atoms with E-state index in [2.05, 4.69) is 18.7 Å². The fraction of sp³-hybridized carbons (Fsp3) is 0.391. The van der Waals surface area contributed by atoms with Crippen molar-refractivity contribution in [2.45, 2.75) is 27.2 Å². The molecule has 1 heterocycles. The summed E-state index contributed by atoms with van der Waals surface area (Å²) in [5.41, 5.74) is 2.55. The topological polar surface area (TPSA) is 43.9 Å². The summed E-state index contributed by atoms with van der Waals surface area (Å²) >= 11 is 0. The van der Waals surface area contributed by atoms with Gasteiger partial charge in [-0.05, 0) is 43.8 Å². The molecule has 0 atom stereocenters. The van der Waals surface area contributed by atoms with Gasteiger partial charge in [0.25, 0.3) is 11.8 Å². The third kappa shape index (κ3) is 3.80. The smallest absolute Gasteiger partial charge is 0.260 e. The van der Waals surface area contributed by atoms with Crippen LogP contribution in [0.4, 0.5) is 11.4 Å². The lowest BCUT2D eigenvalue weighted by atomic mass is 10.0. The van der Waals surface area contributed by atoms with Crippen LogP contribution < -0.4 is 9.80 Å². The summed E-state index contributed by atoms with van der Waals surface area (Å²) in [4.78, 5) is 32.8. The Morgan fingerprint density at radius 3 is 1.64 bits per heavy atom. The molecule has 0 aromatic heterocycles. The number of benzene rings is 2. The van der Waals surface area contributed by atoms with E-state index < -0.39 is 0 Å². The van der Waals surface area contributed by atoms with E-state index in [9.17, 15) is 9.59 Å². The summed E-state index contributed by atoms with van der Waals surface area (Å²) in [6.45, 7) is 10.0. The molecule has 0 radical (unpaired) electrons. The van der Waals surface area contributed by atoms with E-state index in [0.717, 1.165) is 26.1 Å². The van der Waals surface area contributed by atoms with E-state index >= 15 is 0 Å². The summed E-state index contributed by atoms with van der Waals surface area (Å²) < 4.78 is 0. The Hall–Kier alpha value is -2.66. The Morgan fingerprint density at radius 2 is 1.18 bits per heavy atom. The highest BCUT2D eigenvalue weighted by Gasteiger charge is 2.32. The minimum atomic E-state index is -0.0520. The number of anilines is 2. The molecule has 0 bridgehead atoms. The minimum absolute atomic E-state index is 0.0507. The maximum Gasteiger partial charge on any atom is 0.260 e. The molecule has 3 rings (SSSR count). The minimum Gasteiger partial charge on any atom is -0.308 e. The molecule has 28 heavy (non-hydrogen) atoms. The van der Waals surface area contributed by atoms with Gasteiger partial charge in [0.2, 0.25) is 0 Å². The van der Waals surface area contributed by atoms with Crippen molar-refractivity contribution in [1.29, 1.82) is 0 Å². The van der Waals surface area contributed by atoms with Crippen molar-refractivity contribution in [2.24, 2.45) is 0 Å². The zero-order valence-corrected chi connectivity index (χ0v) is 17.0. The molecule has 2 aromatic rings. The van der Waals surface area contributed by atoms with Gasteiger partial charge in [-0.1, -0.05) is 45.0 Å². The molecule has 1 aliphatic heterocycles. The van der Waals surface area contributed by atoms with Crippen LogP contribution in [0, 0.1) is 0 Å². The lowest BCUT2D eigenvalue weighted by Crippen LogP contribution is -2.43. The van der Waals surface area contributed by atoms with Crippen LogP contribution in [0.15, 0.2) is 48.5 Å². The molecule has 2 amide bonds. The Morgan fingerprint density at radius 1 is 0.714 bits per heavy atom. The molecule has 0 fully saturated rings. The first kappa shape index (κ1) is 20.1. The molecular weight excluding hydrogens is 350 g/mol. The number of hydrogen-bond acceptors (Lipinski definition) is 3.